The lowest BCUT2D eigenvalue weighted by atomic mass is 10.1. The van der Waals surface area contributed by atoms with Gasteiger partial charge in [-0.1, -0.05) is 0 Å². The third-order valence-electron chi connectivity index (χ3n) is 2.70. The number of carbonyl (C=O) groups is 1. The topological polar surface area (TPSA) is 44.1 Å². The van der Waals surface area contributed by atoms with Crippen LogP contribution in [0.15, 0.2) is 30.3 Å². The van der Waals surface area contributed by atoms with Crippen LogP contribution >= 0.6 is 11.6 Å². The van der Waals surface area contributed by atoms with Gasteiger partial charge >= 0.3 is 5.97 Å². The van der Waals surface area contributed by atoms with Gasteiger partial charge in [-0.2, -0.15) is 5.10 Å². The van der Waals surface area contributed by atoms with Gasteiger partial charge in [0.1, 0.15) is 11.5 Å². The van der Waals surface area contributed by atoms with Crippen molar-refractivity contribution in [2.24, 2.45) is 0 Å². The van der Waals surface area contributed by atoms with Gasteiger partial charge in [-0.05, 0) is 37.3 Å². The molecule has 0 radical (unpaired) electrons. The number of benzene rings is 1. The summed E-state index contributed by atoms with van der Waals surface area (Å²) in [4.78, 5) is 11.9. The predicted molar refractivity (Wildman–Crippen MR) is 74.3 cm³/mol. The zero-order chi connectivity index (χ0) is 14.5. The van der Waals surface area contributed by atoms with Crippen LogP contribution in [0.1, 0.15) is 17.4 Å². The summed E-state index contributed by atoms with van der Waals surface area (Å²) in [6, 6.07) is 7.53. The molecule has 1 heterocycles. The van der Waals surface area contributed by atoms with Crippen molar-refractivity contribution < 1.29 is 13.9 Å². The highest BCUT2D eigenvalue weighted by atomic mass is 35.5. The number of ether oxygens (including phenoxy) is 1. The number of nitrogens with zero attached hydrogens (tertiary/aromatic N) is 2. The number of carbonyl (C=O) groups excluding carboxylic acids is 1. The molecule has 0 saturated heterocycles. The molecule has 0 aliphatic carbocycles. The molecule has 0 bridgehead atoms. The average Bonchev–Trinajstić information content (AvgIpc) is 2.84. The first-order chi connectivity index (χ1) is 9.65. The minimum atomic E-state index is -0.446. The molecule has 20 heavy (non-hydrogen) atoms. The Labute approximate surface area is 121 Å². The quantitative estimate of drug-likeness (QED) is 0.629. The van der Waals surface area contributed by atoms with Crippen LogP contribution in [-0.2, 0) is 11.3 Å². The Morgan fingerprint density at radius 3 is 2.70 bits per heavy atom. The van der Waals surface area contributed by atoms with Crippen molar-refractivity contribution in [2.75, 3.05) is 12.5 Å². The summed E-state index contributed by atoms with van der Waals surface area (Å²) in [5.41, 5.74) is 1.65. The number of aryl methyl sites for hydroxylation is 1. The van der Waals surface area contributed by atoms with Crippen LogP contribution < -0.4 is 0 Å². The SMILES string of the molecule is CCOC(=O)c1cc(-c2ccc(F)cc2)nn1CCCl. The second kappa shape index (κ2) is 6.52. The molecule has 0 spiro atoms. The zero-order valence-corrected chi connectivity index (χ0v) is 11.7. The maximum Gasteiger partial charge on any atom is 0.356 e. The molecule has 106 valence electrons. The van der Waals surface area contributed by atoms with E-state index < -0.39 is 5.97 Å². The highest BCUT2D eigenvalue weighted by Crippen LogP contribution is 2.20. The van der Waals surface area contributed by atoms with Gasteiger partial charge in [0.15, 0.2) is 0 Å². The van der Waals surface area contributed by atoms with E-state index in [2.05, 4.69) is 5.10 Å². The van der Waals surface area contributed by atoms with E-state index in [9.17, 15) is 9.18 Å². The maximum atomic E-state index is 12.9. The van der Waals surface area contributed by atoms with Gasteiger partial charge in [0.2, 0.25) is 0 Å². The van der Waals surface area contributed by atoms with E-state index >= 15 is 0 Å². The van der Waals surface area contributed by atoms with E-state index in [1.54, 1.807) is 25.1 Å². The molecule has 2 aromatic rings. The molecule has 0 N–H and O–H groups in total. The first-order valence-corrected chi connectivity index (χ1v) is 6.76. The number of hydrogen-bond donors (Lipinski definition) is 0. The van der Waals surface area contributed by atoms with Crippen molar-refractivity contribution in [1.29, 1.82) is 0 Å². The van der Waals surface area contributed by atoms with Crippen molar-refractivity contribution in [3.8, 4) is 11.3 Å². The van der Waals surface area contributed by atoms with Gasteiger partial charge in [-0.25, -0.2) is 9.18 Å². The Kier molecular flexibility index (Phi) is 4.74. The molecule has 0 unspecified atom stereocenters. The Morgan fingerprint density at radius 2 is 2.10 bits per heavy atom. The molecule has 6 heteroatoms. The van der Waals surface area contributed by atoms with Crippen LogP contribution in [0, 0.1) is 5.82 Å². The molecule has 1 aromatic carbocycles. The second-order valence-electron chi connectivity index (χ2n) is 4.05. The van der Waals surface area contributed by atoms with Crippen LogP contribution in [0.4, 0.5) is 4.39 Å². The van der Waals surface area contributed by atoms with E-state index in [0.29, 0.717) is 23.8 Å². The van der Waals surface area contributed by atoms with Crippen LogP contribution in [0.25, 0.3) is 11.3 Å². The molecule has 0 aliphatic rings. The summed E-state index contributed by atoms with van der Waals surface area (Å²) in [6.45, 7) is 2.43. The largest absolute Gasteiger partial charge is 0.461 e. The fraction of sp³-hybridized carbons (Fsp3) is 0.286. The van der Waals surface area contributed by atoms with E-state index in [1.165, 1.54) is 16.8 Å². The number of aromatic nitrogens is 2. The Morgan fingerprint density at radius 1 is 1.40 bits per heavy atom. The van der Waals surface area contributed by atoms with Crippen LogP contribution in [0.2, 0.25) is 0 Å². The third-order valence-corrected chi connectivity index (χ3v) is 2.87. The van der Waals surface area contributed by atoms with Gasteiger partial charge < -0.3 is 4.74 Å². The molecule has 1 aromatic heterocycles. The highest BCUT2D eigenvalue weighted by Gasteiger charge is 2.17. The summed E-state index contributed by atoms with van der Waals surface area (Å²) in [6.07, 6.45) is 0. The predicted octanol–water partition coefficient (Wildman–Crippen LogP) is 3.10. The minimum absolute atomic E-state index is 0.288. The van der Waals surface area contributed by atoms with E-state index in [-0.39, 0.29) is 12.4 Å². The lowest BCUT2D eigenvalue weighted by molar-refractivity contribution is 0.0512. The summed E-state index contributed by atoms with van der Waals surface area (Å²) in [5, 5.41) is 4.31. The molecular weight excluding hydrogens is 283 g/mol. The number of rotatable bonds is 5. The Bertz CT molecular complexity index is 596. The summed E-state index contributed by atoms with van der Waals surface area (Å²) in [7, 11) is 0. The fourth-order valence-electron chi connectivity index (χ4n) is 1.80. The van der Waals surface area contributed by atoms with Crippen molar-refractivity contribution in [1.82, 2.24) is 9.78 Å². The van der Waals surface area contributed by atoms with Gasteiger partial charge in [0.05, 0.1) is 18.8 Å². The summed E-state index contributed by atoms with van der Waals surface area (Å²) >= 11 is 5.70. The highest BCUT2D eigenvalue weighted by molar-refractivity contribution is 6.17. The lowest BCUT2D eigenvalue weighted by Crippen LogP contribution is -2.13. The number of halogens is 2. The van der Waals surface area contributed by atoms with Crippen LogP contribution in [-0.4, -0.2) is 28.2 Å². The van der Waals surface area contributed by atoms with Crippen molar-refractivity contribution in [2.45, 2.75) is 13.5 Å². The van der Waals surface area contributed by atoms with E-state index in [4.69, 9.17) is 16.3 Å². The standard InChI is InChI=1S/C14H14ClFN2O2/c1-2-20-14(19)13-9-12(17-18(13)8-7-15)10-3-5-11(16)6-4-10/h3-6,9H,2,7-8H2,1H3. The van der Waals surface area contributed by atoms with E-state index in [1.807, 2.05) is 0 Å². The van der Waals surface area contributed by atoms with Gasteiger partial charge in [0, 0.05) is 11.4 Å². The number of esters is 1. The molecule has 0 aliphatic heterocycles. The molecule has 2 rings (SSSR count). The third kappa shape index (κ3) is 3.17. The fourth-order valence-corrected chi connectivity index (χ4v) is 1.96. The summed E-state index contributed by atoms with van der Waals surface area (Å²) < 4.78 is 19.4. The molecule has 0 fully saturated rings. The molecule has 0 amide bonds. The first-order valence-electron chi connectivity index (χ1n) is 6.22. The summed E-state index contributed by atoms with van der Waals surface area (Å²) in [5.74, 6) is -0.435. The first kappa shape index (κ1) is 14.5. The zero-order valence-electron chi connectivity index (χ0n) is 11.0. The number of hydrogen-bond acceptors (Lipinski definition) is 3. The van der Waals surface area contributed by atoms with E-state index in [0.717, 1.165) is 5.56 Å². The maximum absolute atomic E-state index is 12.9. The normalized spacial score (nSPS) is 10.6. The van der Waals surface area contributed by atoms with Gasteiger partial charge in [-0.3, -0.25) is 4.68 Å². The molecular formula is C14H14ClFN2O2. The van der Waals surface area contributed by atoms with Crippen molar-refractivity contribution in [3.05, 3.63) is 41.8 Å². The van der Waals surface area contributed by atoms with Crippen molar-refractivity contribution >= 4 is 17.6 Å². The Hall–Kier alpha value is -1.88. The number of alkyl halides is 1. The van der Waals surface area contributed by atoms with Crippen LogP contribution in [0.5, 0.6) is 0 Å². The second-order valence-corrected chi connectivity index (χ2v) is 4.43. The smallest absolute Gasteiger partial charge is 0.356 e. The molecule has 4 nitrogen and oxygen atoms in total. The molecule has 0 atom stereocenters. The van der Waals surface area contributed by atoms with Crippen LogP contribution in [0.3, 0.4) is 0 Å². The lowest BCUT2D eigenvalue weighted by Gasteiger charge is -2.04. The monoisotopic (exact) mass is 296 g/mol. The van der Waals surface area contributed by atoms with Gasteiger partial charge in [0.25, 0.3) is 0 Å². The van der Waals surface area contributed by atoms with Gasteiger partial charge in [-0.15, -0.1) is 11.6 Å². The minimum Gasteiger partial charge on any atom is -0.461 e. The molecule has 0 saturated carbocycles. The Balaban J connectivity index is 2.37. The average molecular weight is 297 g/mol. The van der Waals surface area contributed by atoms with Crippen molar-refractivity contribution in [3.63, 3.8) is 0 Å².